The van der Waals surface area contributed by atoms with E-state index in [1.54, 1.807) is 49.0 Å². The number of hydrazone groups is 1. The van der Waals surface area contributed by atoms with Gasteiger partial charge in [-0.25, -0.2) is 15.4 Å². The normalized spacial score (nSPS) is 11.4. The molecule has 0 unspecified atom stereocenters. The van der Waals surface area contributed by atoms with Crippen molar-refractivity contribution in [3.05, 3.63) is 86.7 Å². The molecule has 5 nitrogen and oxygen atoms in total. The zero-order chi connectivity index (χ0) is 21.7. The van der Waals surface area contributed by atoms with Crippen LogP contribution in [0.15, 0.2) is 58.8 Å². The molecule has 1 aromatic heterocycles. The number of rotatable bonds is 6. The van der Waals surface area contributed by atoms with Crippen molar-refractivity contribution >= 4 is 46.6 Å². The van der Waals surface area contributed by atoms with Crippen LogP contribution in [-0.4, -0.2) is 21.6 Å². The molecule has 0 bridgehead atoms. The van der Waals surface area contributed by atoms with Gasteiger partial charge in [0.05, 0.1) is 15.8 Å². The summed E-state index contributed by atoms with van der Waals surface area (Å²) >= 11 is 13.5. The minimum atomic E-state index is -0.286. The maximum Gasteiger partial charge on any atom is 0.271 e. The minimum Gasteiger partial charge on any atom is -0.267 e. The highest BCUT2D eigenvalue weighted by atomic mass is 35.5. The molecule has 0 atom stereocenters. The Labute approximate surface area is 189 Å². The molecule has 3 aromatic rings. The van der Waals surface area contributed by atoms with Gasteiger partial charge in [0.25, 0.3) is 5.91 Å². The van der Waals surface area contributed by atoms with Crippen molar-refractivity contribution in [1.82, 2.24) is 15.4 Å². The molecule has 2 aromatic carbocycles. The second-order valence-corrected chi connectivity index (χ2v) is 8.44. The number of benzene rings is 2. The SMILES string of the molecule is C/C(=N/NC(=O)c1ccc(CSc2nc(C)cc(C)n2)cc1)c1ccc(Cl)c(Cl)c1. The molecule has 0 aliphatic rings. The van der Waals surface area contributed by atoms with Crippen molar-refractivity contribution in [3.8, 4) is 0 Å². The maximum atomic E-state index is 12.4. The zero-order valence-electron chi connectivity index (χ0n) is 16.7. The minimum absolute atomic E-state index is 0.286. The van der Waals surface area contributed by atoms with E-state index < -0.39 is 0 Å². The monoisotopic (exact) mass is 458 g/mol. The number of aryl methyl sites for hydroxylation is 2. The lowest BCUT2D eigenvalue weighted by molar-refractivity contribution is 0.0955. The fourth-order valence-corrected chi connectivity index (χ4v) is 3.85. The smallest absolute Gasteiger partial charge is 0.267 e. The van der Waals surface area contributed by atoms with Crippen LogP contribution in [0.25, 0.3) is 0 Å². The summed E-state index contributed by atoms with van der Waals surface area (Å²) in [6, 6.07) is 14.5. The largest absolute Gasteiger partial charge is 0.271 e. The standard InChI is InChI=1S/C22H20Cl2N4OS/c1-13-10-14(2)26-22(25-13)30-12-16-4-6-17(7-5-16)21(29)28-27-15(3)18-8-9-19(23)20(24)11-18/h4-11H,12H2,1-3H3,(H,28,29)/b27-15-. The highest BCUT2D eigenvalue weighted by Crippen LogP contribution is 2.23. The predicted molar refractivity (Wildman–Crippen MR) is 124 cm³/mol. The van der Waals surface area contributed by atoms with Crippen LogP contribution >= 0.6 is 35.0 Å². The van der Waals surface area contributed by atoms with Gasteiger partial charge in [0.1, 0.15) is 0 Å². The Hall–Kier alpha value is -2.41. The van der Waals surface area contributed by atoms with Gasteiger partial charge >= 0.3 is 0 Å². The molecule has 1 heterocycles. The molecule has 0 aliphatic heterocycles. The summed E-state index contributed by atoms with van der Waals surface area (Å²) in [7, 11) is 0. The zero-order valence-corrected chi connectivity index (χ0v) is 19.1. The van der Waals surface area contributed by atoms with E-state index >= 15 is 0 Å². The second-order valence-electron chi connectivity index (χ2n) is 6.69. The van der Waals surface area contributed by atoms with Gasteiger partial charge < -0.3 is 0 Å². The molecule has 3 rings (SSSR count). The average molecular weight is 459 g/mol. The van der Waals surface area contributed by atoms with Crippen LogP contribution in [0.1, 0.15) is 39.8 Å². The lowest BCUT2D eigenvalue weighted by atomic mass is 10.1. The van der Waals surface area contributed by atoms with Crippen LogP contribution in [0, 0.1) is 13.8 Å². The lowest BCUT2D eigenvalue weighted by Gasteiger charge is -2.06. The summed E-state index contributed by atoms with van der Waals surface area (Å²) in [6.45, 7) is 5.70. The number of amides is 1. The summed E-state index contributed by atoms with van der Waals surface area (Å²) in [5, 5.41) is 5.81. The van der Waals surface area contributed by atoms with Crippen LogP contribution in [0.2, 0.25) is 10.0 Å². The summed E-state index contributed by atoms with van der Waals surface area (Å²) < 4.78 is 0. The number of thioether (sulfide) groups is 1. The van der Waals surface area contributed by atoms with Crippen molar-refractivity contribution < 1.29 is 4.79 Å². The van der Waals surface area contributed by atoms with Crippen LogP contribution in [0.4, 0.5) is 0 Å². The highest BCUT2D eigenvalue weighted by molar-refractivity contribution is 7.98. The Morgan fingerprint density at radius 3 is 2.23 bits per heavy atom. The topological polar surface area (TPSA) is 67.2 Å². The van der Waals surface area contributed by atoms with Gasteiger partial charge in [-0.3, -0.25) is 4.79 Å². The number of nitrogens with zero attached hydrogens (tertiary/aromatic N) is 3. The fraction of sp³-hybridized carbons (Fsp3) is 0.182. The quantitative estimate of drug-likeness (QED) is 0.217. The third kappa shape index (κ3) is 6.05. The van der Waals surface area contributed by atoms with E-state index in [0.717, 1.165) is 33.4 Å². The molecular formula is C22H20Cl2N4OS. The molecule has 0 aliphatic carbocycles. The number of hydrogen-bond acceptors (Lipinski definition) is 5. The van der Waals surface area contributed by atoms with Crippen molar-refractivity contribution in [2.75, 3.05) is 0 Å². The third-order valence-corrected chi connectivity index (χ3v) is 5.87. The van der Waals surface area contributed by atoms with Crippen molar-refractivity contribution in [3.63, 3.8) is 0 Å². The second kappa shape index (κ2) is 10.1. The van der Waals surface area contributed by atoms with Crippen LogP contribution in [-0.2, 0) is 5.75 Å². The highest BCUT2D eigenvalue weighted by Gasteiger charge is 2.07. The molecule has 0 saturated carbocycles. The Kier molecular flexibility index (Phi) is 7.48. The number of hydrogen-bond donors (Lipinski definition) is 1. The van der Waals surface area contributed by atoms with Crippen LogP contribution in [0.3, 0.4) is 0 Å². The number of carbonyl (C=O) groups is 1. The summed E-state index contributed by atoms with van der Waals surface area (Å²) in [4.78, 5) is 21.2. The first kappa shape index (κ1) is 22.3. The van der Waals surface area contributed by atoms with Crippen molar-refractivity contribution in [2.24, 2.45) is 5.10 Å². The molecule has 1 N–H and O–H groups in total. The van der Waals surface area contributed by atoms with E-state index in [0.29, 0.717) is 21.3 Å². The Bertz CT molecular complexity index is 1080. The maximum absolute atomic E-state index is 12.4. The Morgan fingerprint density at radius 1 is 0.967 bits per heavy atom. The Balaban J connectivity index is 1.59. The van der Waals surface area contributed by atoms with E-state index in [1.165, 1.54) is 0 Å². The molecule has 1 amide bonds. The molecule has 154 valence electrons. The van der Waals surface area contributed by atoms with Gasteiger partial charge in [-0.05, 0) is 62.2 Å². The lowest BCUT2D eigenvalue weighted by Crippen LogP contribution is -2.19. The number of carbonyl (C=O) groups excluding carboxylic acids is 1. The molecule has 0 radical (unpaired) electrons. The van der Waals surface area contributed by atoms with Gasteiger partial charge in [0.15, 0.2) is 5.16 Å². The van der Waals surface area contributed by atoms with E-state index in [-0.39, 0.29) is 5.91 Å². The van der Waals surface area contributed by atoms with E-state index in [9.17, 15) is 4.79 Å². The first-order valence-corrected chi connectivity index (χ1v) is 10.9. The van der Waals surface area contributed by atoms with Crippen LogP contribution in [0.5, 0.6) is 0 Å². The summed E-state index contributed by atoms with van der Waals surface area (Å²) in [5.41, 5.74) is 7.49. The third-order valence-electron chi connectivity index (χ3n) is 4.21. The molecule has 8 heteroatoms. The van der Waals surface area contributed by atoms with Gasteiger partial charge in [0, 0.05) is 22.7 Å². The van der Waals surface area contributed by atoms with E-state index in [1.807, 2.05) is 32.0 Å². The van der Waals surface area contributed by atoms with Crippen molar-refractivity contribution in [2.45, 2.75) is 31.7 Å². The van der Waals surface area contributed by atoms with Gasteiger partial charge in [-0.2, -0.15) is 5.10 Å². The van der Waals surface area contributed by atoms with E-state index in [4.69, 9.17) is 23.2 Å². The predicted octanol–water partition coefficient (Wildman–Crippen LogP) is 5.85. The number of aromatic nitrogens is 2. The van der Waals surface area contributed by atoms with E-state index in [2.05, 4.69) is 20.5 Å². The average Bonchev–Trinajstić information content (AvgIpc) is 2.72. The van der Waals surface area contributed by atoms with Gasteiger partial charge in [-0.15, -0.1) is 0 Å². The fourth-order valence-electron chi connectivity index (χ4n) is 2.64. The van der Waals surface area contributed by atoms with Crippen LogP contribution < -0.4 is 5.43 Å². The number of halogens is 2. The van der Waals surface area contributed by atoms with Gasteiger partial charge in [-0.1, -0.05) is 53.2 Å². The summed E-state index contributed by atoms with van der Waals surface area (Å²) in [6.07, 6.45) is 0. The molecule has 0 fully saturated rings. The molecular weight excluding hydrogens is 439 g/mol. The number of nitrogens with one attached hydrogen (secondary N) is 1. The molecule has 0 saturated heterocycles. The first-order chi connectivity index (χ1) is 14.3. The first-order valence-electron chi connectivity index (χ1n) is 9.16. The molecule has 0 spiro atoms. The molecule has 30 heavy (non-hydrogen) atoms. The van der Waals surface area contributed by atoms with Crippen molar-refractivity contribution in [1.29, 1.82) is 0 Å². The summed E-state index contributed by atoms with van der Waals surface area (Å²) in [5.74, 6) is 0.436. The Morgan fingerprint density at radius 2 is 1.60 bits per heavy atom. The van der Waals surface area contributed by atoms with Gasteiger partial charge in [0.2, 0.25) is 0 Å².